The maximum absolute atomic E-state index is 14.4. The van der Waals surface area contributed by atoms with Gasteiger partial charge < -0.3 is 9.80 Å². The van der Waals surface area contributed by atoms with E-state index < -0.39 is 0 Å². The van der Waals surface area contributed by atoms with Gasteiger partial charge in [0.2, 0.25) is 0 Å². The first-order chi connectivity index (χ1) is 18.3. The number of pyridine rings is 1. The van der Waals surface area contributed by atoms with E-state index in [9.17, 15) is 19.2 Å². The van der Waals surface area contributed by atoms with Gasteiger partial charge in [-0.05, 0) is 44.0 Å². The second kappa shape index (κ2) is 12.1. The number of amides is 1. The van der Waals surface area contributed by atoms with Crippen LogP contribution in [0.3, 0.4) is 0 Å². The minimum Gasteiger partial charge on any atom is -0.366 e. The van der Waals surface area contributed by atoms with E-state index >= 15 is 0 Å². The molecular weight excluding hydrogens is 521 g/mol. The molecule has 2 fully saturated rings. The zero-order valence-electron chi connectivity index (χ0n) is 22.0. The minimum absolute atomic E-state index is 0.0743. The highest BCUT2D eigenvalue weighted by atomic mass is 32.2. The maximum Gasteiger partial charge on any atom is 0.270 e. The van der Waals surface area contributed by atoms with Gasteiger partial charge in [0.1, 0.15) is 27.6 Å². The van der Waals surface area contributed by atoms with Gasteiger partial charge in [-0.15, -0.1) is 0 Å². The van der Waals surface area contributed by atoms with Gasteiger partial charge in [-0.1, -0.05) is 55.9 Å². The molecule has 0 aliphatic carbocycles. The maximum atomic E-state index is 14.4. The van der Waals surface area contributed by atoms with E-state index in [1.807, 2.05) is 17.9 Å². The van der Waals surface area contributed by atoms with Crippen molar-refractivity contribution in [2.24, 2.45) is 0 Å². The van der Waals surface area contributed by atoms with Gasteiger partial charge in [-0.25, -0.2) is 4.39 Å². The molecule has 4 rings (SSSR count). The van der Waals surface area contributed by atoms with Crippen LogP contribution in [0.15, 0.2) is 34.0 Å². The van der Waals surface area contributed by atoms with Gasteiger partial charge in [-0.3, -0.25) is 19.1 Å². The summed E-state index contributed by atoms with van der Waals surface area (Å²) in [5.41, 5.74) is 1.51. The van der Waals surface area contributed by atoms with Crippen molar-refractivity contribution in [1.82, 2.24) is 9.47 Å². The minimum atomic E-state index is -0.344. The molecule has 3 heterocycles. The lowest BCUT2D eigenvalue weighted by molar-refractivity contribution is -0.122. The molecule has 2 aliphatic rings. The number of unbranched alkanes of at least 4 members (excludes halogenated alkanes) is 2. The summed E-state index contributed by atoms with van der Waals surface area (Å²) in [6, 6.07) is 8.79. The van der Waals surface area contributed by atoms with Crippen molar-refractivity contribution in [1.29, 1.82) is 5.26 Å². The number of para-hydroxylation sites is 1. The highest BCUT2D eigenvalue weighted by Gasteiger charge is 2.33. The third-order valence-corrected chi connectivity index (χ3v) is 8.45. The Bertz CT molecular complexity index is 1370. The Morgan fingerprint density at radius 1 is 1.11 bits per heavy atom. The van der Waals surface area contributed by atoms with Crippen LogP contribution >= 0.6 is 24.0 Å². The smallest absolute Gasteiger partial charge is 0.270 e. The first-order valence-electron chi connectivity index (χ1n) is 13.0. The first-order valence-corrected chi connectivity index (χ1v) is 14.2. The number of hydrogen-bond acceptors (Lipinski definition) is 7. The lowest BCUT2D eigenvalue weighted by Crippen LogP contribution is -2.49. The number of anilines is 2. The van der Waals surface area contributed by atoms with Crippen LogP contribution in [0.25, 0.3) is 6.08 Å². The number of aromatic nitrogens is 1. The van der Waals surface area contributed by atoms with Crippen LogP contribution in [0.5, 0.6) is 0 Å². The van der Waals surface area contributed by atoms with Crippen LogP contribution in [0, 0.1) is 24.1 Å². The van der Waals surface area contributed by atoms with Gasteiger partial charge in [0.15, 0.2) is 0 Å². The predicted octanol–water partition coefficient (Wildman–Crippen LogP) is 4.91. The lowest BCUT2D eigenvalue weighted by Gasteiger charge is -2.39. The molecule has 0 unspecified atom stereocenters. The molecule has 2 saturated heterocycles. The van der Waals surface area contributed by atoms with Gasteiger partial charge in [-0.2, -0.15) is 5.26 Å². The molecule has 0 saturated carbocycles. The molecule has 200 valence electrons. The van der Waals surface area contributed by atoms with Crippen molar-refractivity contribution in [2.75, 3.05) is 42.5 Å². The van der Waals surface area contributed by atoms with Gasteiger partial charge in [0, 0.05) is 44.8 Å². The molecule has 1 aromatic carbocycles. The van der Waals surface area contributed by atoms with Crippen molar-refractivity contribution in [3.63, 3.8) is 0 Å². The Kier molecular flexibility index (Phi) is 8.90. The van der Waals surface area contributed by atoms with Crippen molar-refractivity contribution in [2.45, 2.75) is 46.6 Å². The molecule has 38 heavy (non-hydrogen) atoms. The SMILES string of the molecule is CCCCCN1C(=O)/C(=C/c2c(C)c(C#N)c(=O)n(CC)c2N2CCN(c3ccccc3F)CC2)SC1=S. The standard InChI is InChI=1S/C28H32FN5O2S2/c1-4-6-9-12-34-27(36)24(38-28(34)37)17-20-19(3)21(18-30)26(35)33(5-2)25(20)32-15-13-31(14-16-32)23-11-8-7-10-22(23)29/h7-8,10-11,17H,4-6,9,12-16H2,1-3H3/b24-17-. The highest BCUT2D eigenvalue weighted by Crippen LogP contribution is 2.36. The van der Waals surface area contributed by atoms with E-state index in [0.29, 0.717) is 71.1 Å². The Morgan fingerprint density at radius 2 is 1.79 bits per heavy atom. The number of rotatable bonds is 8. The molecule has 0 radical (unpaired) electrons. The molecule has 2 aromatic rings. The van der Waals surface area contributed by atoms with Crippen LogP contribution in [0.4, 0.5) is 15.9 Å². The third-order valence-electron chi connectivity index (χ3n) is 7.07. The molecule has 0 N–H and O–H groups in total. The zero-order valence-corrected chi connectivity index (χ0v) is 23.6. The number of nitrogens with zero attached hydrogens (tertiary/aromatic N) is 5. The quantitative estimate of drug-likeness (QED) is 0.261. The van der Waals surface area contributed by atoms with Crippen LogP contribution < -0.4 is 15.4 Å². The average Bonchev–Trinajstić information content (AvgIpc) is 3.18. The van der Waals surface area contributed by atoms with E-state index in [1.54, 1.807) is 34.6 Å². The number of carbonyl (C=O) groups excluding carboxylic acids is 1. The van der Waals surface area contributed by atoms with Gasteiger partial charge in [0.05, 0.1) is 10.6 Å². The van der Waals surface area contributed by atoms with Crippen molar-refractivity contribution >= 4 is 51.8 Å². The summed E-state index contributed by atoms with van der Waals surface area (Å²) in [5.74, 6) is 0.277. The van der Waals surface area contributed by atoms with Gasteiger partial charge >= 0.3 is 0 Å². The second-order valence-corrected chi connectivity index (χ2v) is 11.0. The van der Waals surface area contributed by atoms with E-state index in [0.717, 1.165) is 19.3 Å². The van der Waals surface area contributed by atoms with E-state index in [1.165, 1.54) is 17.8 Å². The Hall–Kier alpha value is -3.16. The molecular formula is C28H32FN5O2S2. The first kappa shape index (κ1) is 27.9. The van der Waals surface area contributed by atoms with E-state index in [-0.39, 0.29) is 22.8 Å². The number of benzene rings is 1. The monoisotopic (exact) mass is 553 g/mol. The Labute approximate surface area is 232 Å². The molecule has 0 atom stereocenters. The molecule has 0 spiro atoms. The second-order valence-electron chi connectivity index (χ2n) is 9.36. The number of thiocarbonyl (C=S) groups is 1. The number of halogens is 1. The summed E-state index contributed by atoms with van der Waals surface area (Å²) in [6.45, 7) is 8.93. The number of hydrogen-bond donors (Lipinski definition) is 0. The Morgan fingerprint density at radius 3 is 2.42 bits per heavy atom. The summed E-state index contributed by atoms with van der Waals surface area (Å²) in [5, 5.41) is 9.81. The molecule has 1 amide bonds. The van der Waals surface area contributed by atoms with Crippen molar-refractivity contribution < 1.29 is 9.18 Å². The zero-order chi connectivity index (χ0) is 27.4. The fraction of sp³-hybridized carbons (Fsp3) is 0.429. The largest absolute Gasteiger partial charge is 0.366 e. The van der Waals surface area contributed by atoms with Crippen LogP contribution in [0.1, 0.15) is 49.8 Å². The fourth-order valence-electron chi connectivity index (χ4n) is 4.99. The fourth-order valence-corrected chi connectivity index (χ4v) is 6.28. The van der Waals surface area contributed by atoms with Gasteiger partial charge in [0.25, 0.3) is 11.5 Å². The summed E-state index contributed by atoms with van der Waals surface area (Å²) < 4.78 is 16.5. The van der Waals surface area contributed by atoms with Crippen LogP contribution in [-0.4, -0.2) is 52.4 Å². The predicted molar refractivity (Wildman–Crippen MR) is 156 cm³/mol. The normalized spacial score (nSPS) is 17.0. The van der Waals surface area contributed by atoms with Crippen LogP contribution in [0.2, 0.25) is 0 Å². The summed E-state index contributed by atoms with van der Waals surface area (Å²) >= 11 is 6.77. The molecule has 1 aromatic heterocycles. The lowest BCUT2D eigenvalue weighted by atomic mass is 10.0. The summed E-state index contributed by atoms with van der Waals surface area (Å²) in [6.07, 6.45) is 4.74. The molecule has 10 heteroatoms. The third kappa shape index (κ3) is 5.36. The van der Waals surface area contributed by atoms with Crippen molar-refractivity contribution in [3.8, 4) is 6.07 Å². The van der Waals surface area contributed by atoms with Crippen LogP contribution in [-0.2, 0) is 11.3 Å². The summed E-state index contributed by atoms with van der Waals surface area (Å²) in [7, 11) is 0. The topological polar surface area (TPSA) is 72.6 Å². The number of piperazine rings is 1. The Balaban J connectivity index is 1.73. The van der Waals surface area contributed by atoms with Crippen molar-refractivity contribution in [3.05, 3.63) is 62.0 Å². The van der Waals surface area contributed by atoms with E-state index in [2.05, 4.69) is 17.9 Å². The average molecular weight is 554 g/mol. The number of nitriles is 1. The molecule has 0 bridgehead atoms. The highest BCUT2D eigenvalue weighted by molar-refractivity contribution is 8.26. The molecule has 7 nitrogen and oxygen atoms in total. The van der Waals surface area contributed by atoms with E-state index in [4.69, 9.17) is 12.2 Å². The number of thioether (sulfide) groups is 1. The summed E-state index contributed by atoms with van der Waals surface area (Å²) in [4.78, 5) is 32.8. The molecule has 2 aliphatic heterocycles. The number of carbonyl (C=O) groups is 1.